The molecule has 1 aliphatic heterocycles. The van der Waals surface area contributed by atoms with E-state index in [2.05, 4.69) is 26.8 Å². The van der Waals surface area contributed by atoms with Crippen LogP contribution in [0.15, 0.2) is 64.7 Å². The minimum absolute atomic E-state index is 0.0803. The third-order valence-corrected chi connectivity index (χ3v) is 5.04. The maximum absolute atomic E-state index is 14.1. The molecule has 0 unspecified atom stereocenters. The van der Waals surface area contributed by atoms with Crippen LogP contribution >= 0.6 is 0 Å². The van der Waals surface area contributed by atoms with Gasteiger partial charge in [-0.15, -0.1) is 0 Å². The van der Waals surface area contributed by atoms with Gasteiger partial charge in [-0.3, -0.25) is 5.01 Å². The number of hydrazone groups is 1. The van der Waals surface area contributed by atoms with Crippen molar-refractivity contribution in [3.63, 3.8) is 0 Å². The van der Waals surface area contributed by atoms with Gasteiger partial charge >= 0.3 is 0 Å². The second-order valence-corrected chi connectivity index (χ2v) is 7.12. The summed E-state index contributed by atoms with van der Waals surface area (Å²) >= 11 is 0. The first-order chi connectivity index (χ1) is 15.1. The monoisotopic (exact) mass is 417 g/mol. The lowest BCUT2D eigenvalue weighted by Crippen LogP contribution is -2.21. The number of hydrogen-bond acceptors (Lipinski definition) is 5. The van der Waals surface area contributed by atoms with Crippen LogP contribution in [0.4, 0.5) is 8.78 Å². The van der Waals surface area contributed by atoms with Crippen LogP contribution in [0, 0.1) is 11.6 Å². The zero-order valence-electron chi connectivity index (χ0n) is 16.3. The summed E-state index contributed by atoms with van der Waals surface area (Å²) in [6.45, 7) is 4.57. The number of aromatic amines is 1. The standard InChI is InChI=1S/C23H17F2N5O/c1-2-14-6-8-15(9-7-14)19-10-16(31-29-19)12-30-13-21-20(11-26-30)27-23(28-21)17-4-3-5-18(24)22(17)25/h2-11H,1,12-13H2,(H,27,28). The summed E-state index contributed by atoms with van der Waals surface area (Å²) < 4.78 is 33.1. The van der Waals surface area contributed by atoms with E-state index in [0.717, 1.165) is 28.6 Å². The van der Waals surface area contributed by atoms with E-state index in [4.69, 9.17) is 4.52 Å². The molecule has 6 nitrogen and oxygen atoms in total. The van der Waals surface area contributed by atoms with Crippen molar-refractivity contribution in [2.24, 2.45) is 5.10 Å². The molecule has 5 rings (SSSR count). The summed E-state index contributed by atoms with van der Waals surface area (Å²) in [5.74, 6) is -0.931. The number of hydrogen-bond donors (Lipinski definition) is 1. The van der Waals surface area contributed by atoms with Crippen LogP contribution < -0.4 is 0 Å². The Labute approximate surface area is 176 Å². The summed E-state index contributed by atoms with van der Waals surface area (Å²) in [6, 6.07) is 13.7. The van der Waals surface area contributed by atoms with E-state index in [1.807, 2.05) is 30.3 Å². The molecule has 0 aliphatic carbocycles. The van der Waals surface area contributed by atoms with Gasteiger partial charge in [0.15, 0.2) is 17.4 Å². The minimum Gasteiger partial charge on any atom is -0.359 e. The molecule has 0 spiro atoms. The first-order valence-corrected chi connectivity index (χ1v) is 9.61. The molecule has 31 heavy (non-hydrogen) atoms. The fourth-order valence-electron chi connectivity index (χ4n) is 3.41. The SMILES string of the molecule is C=Cc1ccc(-c2cc(CN3Cc4[nH]c(-c5cccc(F)c5F)nc4C=N3)on2)cc1. The first kappa shape index (κ1) is 18.9. The Bertz CT molecular complexity index is 1290. The molecule has 2 aromatic heterocycles. The summed E-state index contributed by atoms with van der Waals surface area (Å²) in [4.78, 5) is 7.41. The molecular formula is C23H17F2N5O. The summed E-state index contributed by atoms with van der Waals surface area (Å²) in [5, 5.41) is 10.3. The number of fused-ring (bicyclic) bond motifs is 1. The molecule has 0 atom stereocenters. The van der Waals surface area contributed by atoms with E-state index in [1.54, 1.807) is 17.3 Å². The number of imidazole rings is 1. The Morgan fingerprint density at radius 3 is 2.81 bits per heavy atom. The van der Waals surface area contributed by atoms with Gasteiger partial charge in [0.05, 0.1) is 30.6 Å². The molecule has 0 fully saturated rings. The Balaban J connectivity index is 1.31. The number of nitrogens with one attached hydrogen (secondary N) is 1. The van der Waals surface area contributed by atoms with E-state index in [0.29, 0.717) is 24.5 Å². The van der Waals surface area contributed by atoms with Crippen LogP contribution in [0.1, 0.15) is 22.7 Å². The molecule has 0 amide bonds. The highest BCUT2D eigenvalue weighted by molar-refractivity contribution is 5.80. The maximum Gasteiger partial charge on any atom is 0.169 e. The predicted octanol–water partition coefficient (Wildman–Crippen LogP) is 5.00. The molecular weight excluding hydrogens is 400 g/mol. The molecule has 0 saturated carbocycles. The van der Waals surface area contributed by atoms with Gasteiger partial charge < -0.3 is 9.51 Å². The highest BCUT2D eigenvalue weighted by atomic mass is 19.2. The van der Waals surface area contributed by atoms with Gasteiger partial charge in [0, 0.05) is 11.6 Å². The molecule has 3 heterocycles. The van der Waals surface area contributed by atoms with E-state index >= 15 is 0 Å². The molecule has 1 aliphatic rings. The Morgan fingerprint density at radius 2 is 2.00 bits per heavy atom. The Hall–Kier alpha value is -4.07. The van der Waals surface area contributed by atoms with Crippen molar-refractivity contribution in [1.82, 2.24) is 20.1 Å². The smallest absolute Gasteiger partial charge is 0.169 e. The zero-order valence-corrected chi connectivity index (χ0v) is 16.3. The maximum atomic E-state index is 14.1. The lowest BCUT2D eigenvalue weighted by atomic mass is 10.1. The van der Waals surface area contributed by atoms with Crippen LogP contribution in [-0.4, -0.2) is 26.3 Å². The Kier molecular flexibility index (Phi) is 4.66. The van der Waals surface area contributed by atoms with Gasteiger partial charge in [-0.25, -0.2) is 13.8 Å². The minimum atomic E-state index is -0.933. The van der Waals surface area contributed by atoms with Gasteiger partial charge in [0.2, 0.25) is 0 Å². The van der Waals surface area contributed by atoms with Gasteiger partial charge in [-0.05, 0) is 17.7 Å². The first-order valence-electron chi connectivity index (χ1n) is 9.61. The summed E-state index contributed by atoms with van der Waals surface area (Å²) in [5.41, 5.74) is 4.14. The lowest BCUT2D eigenvalue weighted by Gasteiger charge is -2.19. The normalized spacial score (nSPS) is 12.8. The average Bonchev–Trinajstić information content (AvgIpc) is 3.42. The van der Waals surface area contributed by atoms with Crippen molar-refractivity contribution >= 4 is 12.3 Å². The van der Waals surface area contributed by atoms with Crippen LogP contribution in [0.3, 0.4) is 0 Å². The second kappa shape index (κ2) is 7.64. The van der Waals surface area contributed by atoms with Crippen LogP contribution in [-0.2, 0) is 13.1 Å². The van der Waals surface area contributed by atoms with E-state index < -0.39 is 11.6 Å². The van der Waals surface area contributed by atoms with E-state index in [-0.39, 0.29) is 11.4 Å². The fraction of sp³-hybridized carbons (Fsp3) is 0.0870. The van der Waals surface area contributed by atoms with Gasteiger partial charge in [-0.1, -0.05) is 48.1 Å². The van der Waals surface area contributed by atoms with E-state index in [1.165, 1.54) is 12.1 Å². The third kappa shape index (κ3) is 3.63. The van der Waals surface area contributed by atoms with Crippen molar-refractivity contribution < 1.29 is 13.3 Å². The van der Waals surface area contributed by atoms with Gasteiger partial charge in [0.1, 0.15) is 17.2 Å². The number of H-pyrrole nitrogens is 1. The molecule has 4 aromatic rings. The largest absolute Gasteiger partial charge is 0.359 e. The molecule has 0 saturated heterocycles. The van der Waals surface area contributed by atoms with Crippen molar-refractivity contribution in [1.29, 1.82) is 0 Å². The zero-order chi connectivity index (χ0) is 21.4. The highest BCUT2D eigenvalue weighted by Crippen LogP contribution is 2.26. The lowest BCUT2D eigenvalue weighted by molar-refractivity contribution is 0.229. The molecule has 154 valence electrons. The van der Waals surface area contributed by atoms with Crippen LogP contribution in [0.5, 0.6) is 0 Å². The number of aromatic nitrogens is 3. The third-order valence-electron chi connectivity index (χ3n) is 5.04. The molecule has 0 bridgehead atoms. The van der Waals surface area contributed by atoms with E-state index in [9.17, 15) is 8.78 Å². The van der Waals surface area contributed by atoms with Crippen molar-refractivity contribution in [3.8, 4) is 22.6 Å². The summed E-state index contributed by atoms with van der Waals surface area (Å²) in [7, 11) is 0. The predicted molar refractivity (Wildman–Crippen MR) is 113 cm³/mol. The molecule has 1 N–H and O–H groups in total. The van der Waals surface area contributed by atoms with Gasteiger partial charge in [0.25, 0.3) is 0 Å². The highest BCUT2D eigenvalue weighted by Gasteiger charge is 2.21. The number of rotatable bonds is 5. The topological polar surface area (TPSA) is 70.3 Å². The summed E-state index contributed by atoms with van der Waals surface area (Å²) in [6.07, 6.45) is 3.37. The molecule has 2 aromatic carbocycles. The van der Waals surface area contributed by atoms with Crippen molar-refractivity contribution in [2.75, 3.05) is 0 Å². The van der Waals surface area contributed by atoms with Crippen molar-refractivity contribution in [3.05, 3.63) is 89.5 Å². The van der Waals surface area contributed by atoms with Crippen LogP contribution in [0.2, 0.25) is 0 Å². The second-order valence-electron chi connectivity index (χ2n) is 7.12. The molecule has 0 radical (unpaired) electrons. The Morgan fingerprint density at radius 1 is 1.16 bits per heavy atom. The molecule has 8 heteroatoms. The van der Waals surface area contributed by atoms with Crippen LogP contribution in [0.25, 0.3) is 28.7 Å². The number of nitrogens with zero attached hydrogens (tertiary/aromatic N) is 4. The average molecular weight is 417 g/mol. The van der Waals surface area contributed by atoms with Crippen molar-refractivity contribution in [2.45, 2.75) is 13.1 Å². The quantitative estimate of drug-likeness (QED) is 0.496. The van der Waals surface area contributed by atoms with Gasteiger partial charge in [-0.2, -0.15) is 5.10 Å². The fourth-order valence-corrected chi connectivity index (χ4v) is 3.41. The number of halogens is 2. The number of benzene rings is 2.